The molecule has 1 aliphatic rings. The van der Waals surface area contributed by atoms with E-state index in [0.29, 0.717) is 23.7 Å². The minimum Gasteiger partial charge on any atom is -0.493 e. The second-order valence-electron chi connectivity index (χ2n) is 9.11. The van der Waals surface area contributed by atoms with Gasteiger partial charge in [0.1, 0.15) is 11.6 Å². The number of amides is 1. The first-order valence-corrected chi connectivity index (χ1v) is 13.3. The summed E-state index contributed by atoms with van der Waals surface area (Å²) in [4.78, 5) is 19.9. The Morgan fingerprint density at radius 2 is 1.94 bits per heavy atom. The molecule has 6 heteroatoms. The van der Waals surface area contributed by atoms with Crippen molar-refractivity contribution in [2.75, 3.05) is 19.0 Å². The standard InChI is InChI=1S/C30H34N2O3S/c1-5-17-35-28-22(11-10-13-25(28)34-4)19-31-30-27(23-12-8-6-7-9-14-26(23)36-30)29(33)32-24-18-20(2)15-16-21(24)3/h5,10-11,13,15-16,18-19H,1,6-9,12,14,17H2,2-4H3,(H,32,33). The molecule has 0 unspecified atom stereocenters. The summed E-state index contributed by atoms with van der Waals surface area (Å²) in [6.45, 7) is 8.15. The second-order valence-corrected chi connectivity index (χ2v) is 10.2. The largest absolute Gasteiger partial charge is 0.493 e. The lowest BCUT2D eigenvalue weighted by Gasteiger charge is -2.13. The van der Waals surface area contributed by atoms with Crippen LogP contribution in [0.15, 0.2) is 54.0 Å². The molecule has 0 fully saturated rings. The van der Waals surface area contributed by atoms with E-state index in [1.54, 1.807) is 30.7 Å². The average molecular weight is 503 g/mol. The molecule has 1 aromatic heterocycles. The van der Waals surface area contributed by atoms with Crippen molar-refractivity contribution >= 4 is 34.1 Å². The highest BCUT2D eigenvalue weighted by Crippen LogP contribution is 2.40. The third-order valence-electron chi connectivity index (χ3n) is 6.42. The minimum atomic E-state index is -0.0947. The van der Waals surface area contributed by atoms with Crippen molar-refractivity contribution in [3.63, 3.8) is 0 Å². The molecular formula is C30H34N2O3S. The molecule has 4 rings (SSSR count). The van der Waals surface area contributed by atoms with Crippen molar-refractivity contribution in [2.24, 2.45) is 4.99 Å². The van der Waals surface area contributed by atoms with Crippen LogP contribution in [-0.4, -0.2) is 25.8 Å². The number of nitrogens with zero attached hydrogens (tertiary/aromatic N) is 1. The number of rotatable bonds is 8. The molecule has 1 amide bonds. The summed E-state index contributed by atoms with van der Waals surface area (Å²) in [7, 11) is 1.62. The van der Waals surface area contributed by atoms with E-state index in [-0.39, 0.29) is 5.91 Å². The number of carbonyl (C=O) groups excluding carboxylic acids is 1. The molecular weight excluding hydrogens is 468 g/mol. The fourth-order valence-corrected chi connectivity index (χ4v) is 5.74. The number of aryl methyl sites for hydroxylation is 3. The van der Waals surface area contributed by atoms with Gasteiger partial charge in [-0.15, -0.1) is 11.3 Å². The number of anilines is 1. The summed E-state index contributed by atoms with van der Waals surface area (Å²) in [5, 5.41) is 3.91. The van der Waals surface area contributed by atoms with Gasteiger partial charge in [0.2, 0.25) is 0 Å². The first-order chi connectivity index (χ1) is 17.5. The van der Waals surface area contributed by atoms with E-state index in [2.05, 4.69) is 18.0 Å². The zero-order valence-corrected chi connectivity index (χ0v) is 22.2. The molecule has 0 spiro atoms. The third-order valence-corrected chi connectivity index (χ3v) is 7.62. The summed E-state index contributed by atoms with van der Waals surface area (Å²) < 4.78 is 11.4. The number of hydrogen-bond donors (Lipinski definition) is 1. The molecule has 1 heterocycles. The van der Waals surface area contributed by atoms with Crippen LogP contribution in [0.4, 0.5) is 10.7 Å². The van der Waals surface area contributed by atoms with Gasteiger partial charge < -0.3 is 14.8 Å². The number of benzene rings is 2. The molecule has 2 aromatic carbocycles. The highest BCUT2D eigenvalue weighted by Gasteiger charge is 2.24. The fraction of sp³-hybridized carbons (Fsp3) is 0.333. The molecule has 0 bridgehead atoms. The molecule has 0 saturated heterocycles. The molecule has 5 nitrogen and oxygen atoms in total. The van der Waals surface area contributed by atoms with E-state index in [1.165, 1.54) is 17.7 Å². The number of methoxy groups -OCH3 is 1. The lowest BCUT2D eigenvalue weighted by Crippen LogP contribution is -2.15. The Kier molecular flexibility index (Phi) is 8.60. The van der Waals surface area contributed by atoms with E-state index in [9.17, 15) is 4.79 Å². The molecule has 0 aliphatic heterocycles. The predicted molar refractivity (Wildman–Crippen MR) is 150 cm³/mol. The number of thiophene rings is 1. The van der Waals surface area contributed by atoms with Crippen LogP contribution in [-0.2, 0) is 12.8 Å². The maximum Gasteiger partial charge on any atom is 0.259 e. The molecule has 188 valence electrons. The van der Waals surface area contributed by atoms with E-state index in [4.69, 9.17) is 14.5 Å². The zero-order chi connectivity index (χ0) is 25.5. The second kappa shape index (κ2) is 12.0. The Bertz CT molecular complexity index is 1280. The Morgan fingerprint density at radius 1 is 1.14 bits per heavy atom. The van der Waals surface area contributed by atoms with Crippen LogP contribution >= 0.6 is 11.3 Å². The van der Waals surface area contributed by atoms with Gasteiger partial charge in [0, 0.05) is 22.3 Å². The summed E-state index contributed by atoms with van der Waals surface area (Å²) in [6, 6.07) is 11.8. The molecule has 1 aliphatic carbocycles. The number of aliphatic imine (C=N–C) groups is 1. The van der Waals surface area contributed by atoms with Gasteiger partial charge in [-0.2, -0.15) is 0 Å². The highest BCUT2D eigenvalue weighted by atomic mass is 32.1. The Labute approximate surface area is 217 Å². The Morgan fingerprint density at radius 3 is 2.72 bits per heavy atom. The topological polar surface area (TPSA) is 59.9 Å². The lowest BCUT2D eigenvalue weighted by molar-refractivity contribution is 0.102. The maximum absolute atomic E-state index is 13.7. The van der Waals surface area contributed by atoms with Gasteiger partial charge in [-0.1, -0.05) is 43.7 Å². The van der Waals surface area contributed by atoms with Crippen LogP contribution < -0.4 is 14.8 Å². The van der Waals surface area contributed by atoms with Gasteiger partial charge in [-0.05, 0) is 74.4 Å². The van der Waals surface area contributed by atoms with E-state index in [0.717, 1.165) is 58.6 Å². The van der Waals surface area contributed by atoms with Crippen LogP contribution in [0.3, 0.4) is 0 Å². The molecule has 3 aromatic rings. The monoisotopic (exact) mass is 502 g/mol. The first kappa shape index (κ1) is 25.7. The number of fused-ring (bicyclic) bond motifs is 1. The smallest absolute Gasteiger partial charge is 0.259 e. The summed E-state index contributed by atoms with van der Waals surface area (Å²) in [5.41, 5.74) is 5.64. The molecule has 0 atom stereocenters. The van der Waals surface area contributed by atoms with Crippen LogP contribution in [0.2, 0.25) is 0 Å². The number of ether oxygens (including phenoxy) is 2. The number of carbonyl (C=O) groups is 1. The van der Waals surface area contributed by atoms with Crippen molar-refractivity contribution < 1.29 is 14.3 Å². The van der Waals surface area contributed by atoms with Crippen LogP contribution in [0.25, 0.3) is 0 Å². The predicted octanol–water partition coefficient (Wildman–Crippen LogP) is 7.60. The Balaban J connectivity index is 1.75. The van der Waals surface area contributed by atoms with Crippen LogP contribution in [0.1, 0.15) is 63.2 Å². The molecule has 1 N–H and O–H groups in total. The minimum absolute atomic E-state index is 0.0947. The molecule has 0 radical (unpaired) electrons. The molecule has 36 heavy (non-hydrogen) atoms. The van der Waals surface area contributed by atoms with Crippen molar-refractivity contribution in [1.82, 2.24) is 0 Å². The zero-order valence-electron chi connectivity index (χ0n) is 21.4. The highest BCUT2D eigenvalue weighted by molar-refractivity contribution is 7.16. The first-order valence-electron chi connectivity index (χ1n) is 12.5. The van der Waals surface area contributed by atoms with E-state index < -0.39 is 0 Å². The van der Waals surface area contributed by atoms with Gasteiger partial charge in [0.15, 0.2) is 11.5 Å². The molecule has 0 saturated carbocycles. The Hall–Kier alpha value is -3.38. The van der Waals surface area contributed by atoms with Gasteiger partial charge in [-0.3, -0.25) is 4.79 Å². The fourth-order valence-electron chi connectivity index (χ4n) is 4.51. The summed E-state index contributed by atoms with van der Waals surface area (Å²) >= 11 is 1.64. The normalized spacial score (nSPS) is 13.5. The van der Waals surface area contributed by atoms with Crippen LogP contribution in [0.5, 0.6) is 11.5 Å². The lowest BCUT2D eigenvalue weighted by atomic mass is 9.96. The van der Waals surface area contributed by atoms with E-state index in [1.807, 2.05) is 44.2 Å². The van der Waals surface area contributed by atoms with Crippen molar-refractivity contribution in [1.29, 1.82) is 0 Å². The van der Waals surface area contributed by atoms with Crippen molar-refractivity contribution in [3.05, 3.63) is 81.7 Å². The number of hydrogen-bond acceptors (Lipinski definition) is 5. The van der Waals surface area contributed by atoms with Gasteiger partial charge in [0.05, 0.1) is 12.7 Å². The summed E-state index contributed by atoms with van der Waals surface area (Å²) in [5.74, 6) is 1.15. The SMILES string of the molecule is C=CCOc1c(C=Nc2sc3c(c2C(=O)Nc2cc(C)ccc2C)CCCCCC3)cccc1OC. The van der Waals surface area contributed by atoms with Gasteiger partial charge >= 0.3 is 0 Å². The van der Waals surface area contributed by atoms with E-state index >= 15 is 0 Å². The summed E-state index contributed by atoms with van der Waals surface area (Å²) in [6.07, 6.45) is 10.0. The average Bonchev–Trinajstić information content (AvgIpc) is 3.19. The number of para-hydroxylation sites is 1. The van der Waals surface area contributed by atoms with Gasteiger partial charge in [-0.25, -0.2) is 4.99 Å². The quantitative estimate of drug-likeness (QED) is 0.255. The van der Waals surface area contributed by atoms with Crippen LogP contribution in [0, 0.1) is 13.8 Å². The maximum atomic E-state index is 13.7. The van der Waals surface area contributed by atoms with Crippen molar-refractivity contribution in [3.8, 4) is 11.5 Å². The third kappa shape index (κ3) is 5.88. The van der Waals surface area contributed by atoms with Gasteiger partial charge in [0.25, 0.3) is 5.91 Å². The number of nitrogens with one attached hydrogen (secondary N) is 1. The van der Waals surface area contributed by atoms with Crippen molar-refractivity contribution in [2.45, 2.75) is 52.4 Å².